The zero-order valence-electron chi connectivity index (χ0n) is 20.9. The molecule has 2 aromatic rings. The minimum Gasteiger partial charge on any atom is -0.340 e. The van der Waals surface area contributed by atoms with Gasteiger partial charge in [-0.1, -0.05) is 65.5 Å². The molecule has 5 nitrogen and oxygen atoms in total. The topological polar surface area (TPSA) is 61.3 Å². The molecule has 1 heterocycles. The van der Waals surface area contributed by atoms with Gasteiger partial charge in [0.05, 0.1) is 0 Å². The summed E-state index contributed by atoms with van der Waals surface area (Å²) in [5.41, 5.74) is 1.59. The Morgan fingerprint density at radius 3 is 2.16 bits per heavy atom. The van der Waals surface area contributed by atoms with Crippen LogP contribution in [-0.2, 0) is 0 Å². The van der Waals surface area contributed by atoms with Crippen molar-refractivity contribution in [2.75, 3.05) is 5.32 Å². The Balaban J connectivity index is 0. The summed E-state index contributed by atoms with van der Waals surface area (Å²) >= 11 is 1.30. The highest BCUT2D eigenvalue weighted by Crippen LogP contribution is 2.30. The molecule has 0 spiro atoms. The molecule has 1 aromatic heterocycles. The molecule has 0 aliphatic heterocycles. The maximum absolute atomic E-state index is 10.1. The molecular weight excluding hydrogens is 404 g/mol. The first kappa shape index (κ1) is 31.0. The van der Waals surface area contributed by atoms with Crippen molar-refractivity contribution in [3.63, 3.8) is 0 Å². The Bertz CT molecular complexity index is 751. The number of rotatable bonds is 5. The summed E-state index contributed by atoms with van der Waals surface area (Å²) in [7, 11) is 0. The van der Waals surface area contributed by atoms with Gasteiger partial charge in [0.2, 0.25) is 0 Å². The van der Waals surface area contributed by atoms with Gasteiger partial charge in [-0.2, -0.15) is 0 Å². The first-order valence-electron chi connectivity index (χ1n) is 10.7. The third-order valence-electron chi connectivity index (χ3n) is 3.12. The van der Waals surface area contributed by atoms with Crippen LogP contribution in [0.3, 0.4) is 0 Å². The van der Waals surface area contributed by atoms with Crippen molar-refractivity contribution in [1.82, 2.24) is 14.4 Å². The summed E-state index contributed by atoms with van der Waals surface area (Å²) in [5.74, 6) is 1.53. The molecule has 2 N–H and O–H groups in total. The summed E-state index contributed by atoms with van der Waals surface area (Å²) in [4.78, 5) is 9.53. The third kappa shape index (κ3) is 14.5. The zero-order chi connectivity index (χ0) is 24.4. The molecule has 0 radical (unpaired) electrons. The van der Waals surface area contributed by atoms with Crippen molar-refractivity contribution in [3.05, 3.63) is 67.2 Å². The van der Waals surface area contributed by atoms with Crippen LogP contribution in [0.1, 0.15) is 66.3 Å². The molecule has 0 aliphatic rings. The molecule has 0 amide bonds. The molecule has 0 saturated heterocycles. The van der Waals surface area contributed by atoms with Crippen molar-refractivity contribution in [2.45, 2.75) is 79.2 Å². The molecule has 0 unspecified atom stereocenters. The van der Waals surface area contributed by atoms with Crippen molar-refractivity contribution in [1.29, 1.82) is 0 Å². The number of benzene rings is 1. The van der Waals surface area contributed by atoms with E-state index in [9.17, 15) is 5.21 Å². The van der Waals surface area contributed by atoms with Crippen LogP contribution in [-0.4, -0.2) is 25.2 Å². The lowest BCUT2D eigenvalue weighted by atomic mass is 10.1. The van der Waals surface area contributed by atoms with Crippen LogP contribution in [0.5, 0.6) is 0 Å². The highest BCUT2D eigenvalue weighted by atomic mass is 32.2. The summed E-state index contributed by atoms with van der Waals surface area (Å²) in [5, 5.41) is 13.4. The van der Waals surface area contributed by atoms with Crippen molar-refractivity contribution in [3.8, 4) is 0 Å². The van der Waals surface area contributed by atoms with Crippen molar-refractivity contribution < 1.29 is 5.21 Å². The van der Waals surface area contributed by atoms with Gasteiger partial charge in [0.1, 0.15) is 11.6 Å². The summed E-state index contributed by atoms with van der Waals surface area (Å²) < 4.78 is 1.26. The number of nitrogens with one attached hydrogen (secondary N) is 1. The molecule has 0 saturated carbocycles. The van der Waals surface area contributed by atoms with Crippen molar-refractivity contribution in [2.24, 2.45) is 0 Å². The van der Waals surface area contributed by atoms with Crippen LogP contribution in [0.2, 0.25) is 0 Å². The van der Waals surface area contributed by atoms with E-state index in [1.54, 1.807) is 18.3 Å². The van der Waals surface area contributed by atoms with Gasteiger partial charge in [0.15, 0.2) is 0 Å². The quantitative estimate of drug-likeness (QED) is 0.274. The van der Waals surface area contributed by atoms with Crippen molar-refractivity contribution >= 4 is 23.5 Å². The monoisotopic (exact) mass is 446 g/mol. The van der Waals surface area contributed by atoms with E-state index in [1.165, 1.54) is 22.8 Å². The van der Waals surface area contributed by atoms with Gasteiger partial charge in [0.25, 0.3) is 0 Å². The Hall–Kier alpha value is -2.15. The van der Waals surface area contributed by atoms with E-state index >= 15 is 0 Å². The van der Waals surface area contributed by atoms with E-state index in [1.807, 2.05) is 72.7 Å². The van der Waals surface area contributed by atoms with Gasteiger partial charge in [-0.05, 0) is 64.8 Å². The number of aromatic nitrogens is 2. The maximum atomic E-state index is 10.1. The first-order chi connectivity index (χ1) is 14.6. The number of anilines is 2. The SMILES string of the molecule is C=CC=C.CC.CCC.Cc1ncc(C)c(Nc2cccc(SN(O)C(C)(C)C)c2)n1. The maximum Gasteiger partial charge on any atom is 0.136 e. The molecule has 31 heavy (non-hydrogen) atoms. The normalized spacial score (nSPS) is 9.77. The van der Waals surface area contributed by atoms with Crippen LogP contribution in [0.4, 0.5) is 11.5 Å². The first-order valence-corrected chi connectivity index (χ1v) is 11.4. The predicted octanol–water partition coefficient (Wildman–Crippen LogP) is 8.13. The molecule has 1 aromatic carbocycles. The van der Waals surface area contributed by atoms with Crippen LogP contribution in [0, 0.1) is 13.8 Å². The van der Waals surface area contributed by atoms with Gasteiger partial charge in [0, 0.05) is 27.9 Å². The largest absolute Gasteiger partial charge is 0.340 e. The van der Waals surface area contributed by atoms with Crippen LogP contribution >= 0.6 is 11.9 Å². The average molecular weight is 447 g/mol. The second-order valence-corrected chi connectivity index (χ2v) is 8.32. The molecule has 0 fully saturated rings. The predicted molar refractivity (Wildman–Crippen MR) is 138 cm³/mol. The Labute approximate surface area is 194 Å². The van der Waals surface area contributed by atoms with E-state index in [0.717, 1.165) is 27.8 Å². The third-order valence-corrected chi connectivity index (χ3v) is 4.31. The standard InChI is InChI=1S/C16H22N4OS.C4H6.C3H8.C2H6/c1-11-10-17-12(2)18-15(11)19-13-7-6-8-14(9-13)22-20(21)16(3,4)5;1-3-4-2;1-3-2;1-2/h6-10,21H,1-5H3,(H,17,18,19);3-4H,1-2H2;3H2,1-2H3;1-2H3. The lowest BCUT2D eigenvalue weighted by Crippen LogP contribution is -2.32. The van der Waals surface area contributed by atoms with Crippen LogP contribution < -0.4 is 5.32 Å². The molecule has 0 aliphatic carbocycles. The van der Waals surface area contributed by atoms with Crippen LogP contribution in [0.25, 0.3) is 0 Å². The smallest absolute Gasteiger partial charge is 0.136 e. The molecule has 2 rings (SSSR count). The fourth-order valence-corrected chi connectivity index (χ4v) is 2.45. The van der Waals surface area contributed by atoms with E-state index in [-0.39, 0.29) is 5.54 Å². The minimum absolute atomic E-state index is 0.325. The summed E-state index contributed by atoms with van der Waals surface area (Å²) in [6.45, 7) is 24.7. The van der Waals surface area contributed by atoms with E-state index in [0.29, 0.717) is 0 Å². The van der Waals surface area contributed by atoms with Gasteiger partial charge >= 0.3 is 0 Å². The fourth-order valence-electron chi connectivity index (χ4n) is 1.66. The van der Waals surface area contributed by atoms with Crippen LogP contribution in [0.15, 0.2) is 60.7 Å². The van der Waals surface area contributed by atoms with E-state index < -0.39 is 0 Å². The number of hydroxylamine groups is 1. The second kappa shape index (κ2) is 17.5. The molecule has 0 bridgehead atoms. The number of hydrogen-bond acceptors (Lipinski definition) is 6. The molecule has 6 heteroatoms. The molecular formula is C25H42N4OS. The van der Waals surface area contributed by atoms with Gasteiger partial charge < -0.3 is 10.5 Å². The summed E-state index contributed by atoms with van der Waals surface area (Å²) in [6, 6.07) is 7.86. The lowest BCUT2D eigenvalue weighted by Gasteiger charge is -2.27. The fraction of sp³-hybridized carbons (Fsp3) is 0.440. The van der Waals surface area contributed by atoms with E-state index in [2.05, 4.69) is 42.3 Å². The number of hydrogen-bond donors (Lipinski definition) is 2. The Morgan fingerprint density at radius 2 is 1.68 bits per heavy atom. The van der Waals surface area contributed by atoms with Gasteiger partial charge in [-0.3, -0.25) is 0 Å². The Kier molecular flexibility index (Phi) is 17.5. The minimum atomic E-state index is -0.325. The lowest BCUT2D eigenvalue weighted by molar-refractivity contribution is -0.0552. The molecule has 0 atom stereocenters. The van der Waals surface area contributed by atoms with Gasteiger partial charge in [-0.15, -0.1) is 4.47 Å². The van der Waals surface area contributed by atoms with E-state index in [4.69, 9.17) is 0 Å². The number of allylic oxidation sites excluding steroid dienone is 2. The second-order valence-electron chi connectivity index (χ2n) is 7.32. The summed E-state index contributed by atoms with van der Waals surface area (Å²) in [6.07, 6.45) is 6.33. The van der Waals surface area contributed by atoms with Gasteiger partial charge in [-0.25, -0.2) is 9.97 Å². The highest BCUT2D eigenvalue weighted by molar-refractivity contribution is 7.97. The molecule has 174 valence electrons. The Morgan fingerprint density at radius 1 is 1.13 bits per heavy atom. The number of nitrogens with zero attached hydrogens (tertiary/aromatic N) is 3. The number of aryl methyl sites for hydroxylation is 2. The average Bonchev–Trinajstić information content (AvgIpc) is 2.72. The zero-order valence-corrected chi connectivity index (χ0v) is 21.7. The highest BCUT2D eigenvalue weighted by Gasteiger charge is 2.20.